The number of nitrogens with zero attached hydrogens (tertiary/aromatic N) is 4. The van der Waals surface area contributed by atoms with Crippen molar-refractivity contribution in [1.29, 1.82) is 0 Å². The quantitative estimate of drug-likeness (QED) is 0.913. The molecule has 3 rings (SSSR count). The van der Waals surface area contributed by atoms with E-state index in [2.05, 4.69) is 15.4 Å². The Kier molecular flexibility index (Phi) is 4.09. The molecule has 0 aromatic carbocycles. The highest BCUT2D eigenvalue weighted by Gasteiger charge is 2.33. The molecule has 1 N–H and O–H groups in total. The lowest BCUT2D eigenvalue weighted by Crippen LogP contribution is -2.37. The van der Waals surface area contributed by atoms with E-state index in [0.717, 1.165) is 24.5 Å². The third-order valence-corrected chi connectivity index (χ3v) is 3.88. The van der Waals surface area contributed by atoms with Crippen LogP contribution in [0, 0.1) is 0 Å². The van der Waals surface area contributed by atoms with Gasteiger partial charge in [0.2, 0.25) is 5.91 Å². The molecule has 0 bridgehead atoms. The molecule has 1 amide bonds. The summed E-state index contributed by atoms with van der Waals surface area (Å²) >= 11 is 0. The minimum atomic E-state index is -0.166. The zero-order valence-corrected chi connectivity index (χ0v) is 12.9. The van der Waals surface area contributed by atoms with Crippen LogP contribution in [-0.2, 0) is 11.3 Å². The first-order valence-corrected chi connectivity index (χ1v) is 7.64. The summed E-state index contributed by atoms with van der Waals surface area (Å²) in [6.45, 7) is 5.52. The normalized spacial score (nSPS) is 18.2. The maximum atomic E-state index is 12.3. The monoisotopic (exact) mass is 299 g/mol. The largest absolute Gasteiger partial charge is 0.357 e. The van der Waals surface area contributed by atoms with Crippen molar-refractivity contribution >= 4 is 11.7 Å². The average molecular weight is 299 g/mol. The van der Waals surface area contributed by atoms with Crippen molar-refractivity contribution in [3.8, 4) is 0 Å². The second-order valence-corrected chi connectivity index (χ2v) is 5.83. The molecule has 0 saturated carbocycles. The molecule has 3 heterocycles. The Bertz CT molecular complexity index is 637. The van der Waals surface area contributed by atoms with E-state index in [1.54, 1.807) is 6.20 Å². The van der Waals surface area contributed by atoms with Crippen LogP contribution in [0.4, 0.5) is 5.82 Å². The molecule has 1 atom stereocenters. The molecule has 22 heavy (non-hydrogen) atoms. The summed E-state index contributed by atoms with van der Waals surface area (Å²) in [4.78, 5) is 18.5. The Balaban J connectivity index is 1.62. The van der Waals surface area contributed by atoms with Gasteiger partial charge in [-0.3, -0.25) is 14.5 Å². The highest BCUT2D eigenvalue weighted by molar-refractivity contribution is 5.86. The highest BCUT2D eigenvalue weighted by atomic mass is 16.2. The van der Waals surface area contributed by atoms with E-state index < -0.39 is 0 Å². The lowest BCUT2D eigenvalue weighted by molar-refractivity contribution is -0.129. The third-order valence-electron chi connectivity index (χ3n) is 3.88. The number of aromatic nitrogens is 3. The van der Waals surface area contributed by atoms with Crippen LogP contribution in [0.3, 0.4) is 0 Å². The van der Waals surface area contributed by atoms with Crippen molar-refractivity contribution in [3.63, 3.8) is 0 Å². The van der Waals surface area contributed by atoms with Gasteiger partial charge in [-0.25, -0.2) is 0 Å². The average Bonchev–Trinajstić information content (AvgIpc) is 3.08. The van der Waals surface area contributed by atoms with Crippen molar-refractivity contribution in [1.82, 2.24) is 19.7 Å². The Labute approximate surface area is 130 Å². The van der Waals surface area contributed by atoms with Crippen molar-refractivity contribution in [2.45, 2.75) is 38.9 Å². The molecule has 0 aliphatic carbocycles. The first-order valence-electron chi connectivity index (χ1n) is 7.64. The minimum absolute atomic E-state index is 0.161. The van der Waals surface area contributed by atoms with Crippen molar-refractivity contribution in [2.24, 2.45) is 0 Å². The van der Waals surface area contributed by atoms with Gasteiger partial charge in [0.15, 0.2) is 0 Å². The number of nitrogens with one attached hydrogen (secondary N) is 1. The van der Waals surface area contributed by atoms with Crippen LogP contribution in [0.25, 0.3) is 0 Å². The van der Waals surface area contributed by atoms with Gasteiger partial charge in [-0.05, 0) is 32.4 Å². The zero-order valence-electron chi connectivity index (χ0n) is 12.9. The Morgan fingerprint density at radius 2 is 2.23 bits per heavy atom. The van der Waals surface area contributed by atoms with Gasteiger partial charge in [0.05, 0.1) is 12.2 Å². The molecular formula is C16H21N5O. The van der Waals surface area contributed by atoms with Gasteiger partial charge in [0.25, 0.3) is 0 Å². The predicted molar refractivity (Wildman–Crippen MR) is 84.4 cm³/mol. The molecule has 1 aliphatic heterocycles. The number of pyridine rings is 1. The molecule has 116 valence electrons. The standard InChI is InChI=1S/C16H21N5O/c1-12(2)21-10-6-14(16(21)22)18-15-7-9-20(19-15)11-13-5-3-4-8-17-13/h3-5,7-9,12,14H,6,10-11H2,1-2H3,(H,18,19). The molecule has 2 aromatic rings. The fourth-order valence-corrected chi connectivity index (χ4v) is 2.71. The first kappa shape index (κ1) is 14.6. The Morgan fingerprint density at radius 3 is 2.91 bits per heavy atom. The van der Waals surface area contributed by atoms with Gasteiger partial charge < -0.3 is 10.2 Å². The molecule has 0 radical (unpaired) electrons. The molecule has 1 aliphatic rings. The zero-order chi connectivity index (χ0) is 15.5. The van der Waals surface area contributed by atoms with Crippen LogP contribution < -0.4 is 5.32 Å². The maximum absolute atomic E-state index is 12.3. The third kappa shape index (κ3) is 3.10. The summed E-state index contributed by atoms with van der Waals surface area (Å²) in [5.41, 5.74) is 0.958. The predicted octanol–water partition coefficient (Wildman–Crippen LogP) is 1.75. The summed E-state index contributed by atoms with van der Waals surface area (Å²) < 4.78 is 1.82. The number of anilines is 1. The summed E-state index contributed by atoms with van der Waals surface area (Å²) in [7, 11) is 0. The Morgan fingerprint density at radius 1 is 1.36 bits per heavy atom. The van der Waals surface area contributed by atoms with Crippen LogP contribution in [0.2, 0.25) is 0 Å². The number of hydrogen-bond acceptors (Lipinski definition) is 4. The topological polar surface area (TPSA) is 63.1 Å². The first-order chi connectivity index (χ1) is 10.6. The van der Waals surface area contributed by atoms with E-state index in [0.29, 0.717) is 6.54 Å². The highest BCUT2D eigenvalue weighted by Crippen LogP contribution is 2.18. The van der Waals surface area contributed by atoms with Gasteiger partial charge in [0.1, 0.15) is 11.9 Å². The molecule has 6 heteroatoms. The number of carbonyl (C=O) groups is 1. The van der Waals surface area contributed by atoms with Crippen LogP contribution in [0.5, 0.6) is 0 Å². The van der Waals surface area contributed by atoms with E-state index in [4.69, 9.17) is 0 Å². The lowest BCUT2D eigenvalue weighted by atomic mass is 10.2. The number of rotatable bonds is 5. The summed E-state index contributed by atoms with van der Waals surface area (Å²) in [6.07, 6.45) is 4.50. The van der Waals surface area contributed by atoms with Crippen LogP contribution >= 0.6 is 0 Å². The van der Waals surface area contributed by atoms with Crippen LogP contribution in [-0.4, -0.2) is 44.2 Å². The fourth-order valence-electron chi connectivity index (χ4n) is 2.71. The van der Waals surface area contributed by atoms with Crippen molar-refractivity contribution in [3.05, 3.63) is 42.4 Å². The van der Waals surface area contributed by atoms with Crippen molar-refractivity contribution in [2.75, 3.05) is 11.9 Å². The number of likely N-dealkylation sites (tertiary alicyclic amines) is 1. The van der Waals surface area contributed by atoms with Crippen LogP contribution in [0.15, 0.2) is 36.7 Å². The molecule has 0 spiro atoms. The summed E-state index contributed by atoms with van der Waals surface area (Å²) in [5.74, 6) is 0.897. The number of carbonyl (C=O) groups excluding carboxylic acids is 1. The van der Waals surface area contributed by atoms with Crippen LogP contribution in [0.1, 0.15) is 26.0 Å². The summed E-state index contributed by atoms with van der Waals surface area (Å²) in [5, 5.41) is 7.71. The van der Waals surface area contributed by atoms with E-state index in [1.165, 1.54) is 0 Å². The summed E-state index contributed by atoms with van der Waals surface area (Å²) in [6, 6.07) is 7.81. The SMILES string of the molecule is CC(C)N1CCC(Nc2ccn(Cc3ccccn3)n2)C1=O. The second-order valence-electron chi connectivity index (χ2n) is 5.83. The second kappa shape index (κ2) is 6.17. The molecule has 6 nitrogen and oxygen atoms in total. The van der Waals surface area contributed by atoms with E-state index in [-0.39, 0.29) is 18.0 Å². The van der Waals surface area contributed by atoms with E-state index in [9.17, 15) is 4.79 Å². The molecule has 1 saturated heterocycles. The van der Waals surface area contributed by atoms with Gasteiger partial charge in [-0.2, -0.15) is 5.10 Å². The molecule has 1 fully saturated rings. The van der Waals surface area contributed by atoms with Gasteiger partial charge in [-0.1, -0.05) is 6.07 Å². The van der Waals surface area contributed by atoms with Crippen molar-refractivity contribution < 1.29 is 4.79 Å². The molecular weight excluding hydrogens is 278 g/mol. The Hall–Kier alpha value is -2.37. The molecule has 2 aromatic heterocycles. The van der Waals surface area contributed by atoms with Gasteiger partial charge in [-0.15, -0.1) is 0 Å². The molecule has 1 unspecified atom stereocenters. The van der Waals surface area contributed by atoms with Gasteiger partial charge >= 0.3 is 0 Å². The smallest absolute Gasteiger partial charge is 0.245 e. The lowest BCUT2D eigenvalue weighted by Gasteiger charge is -2.21. The fraction of sp³-hybridized carbons (Fsp3) is 0.438. The maximum Gasteiger partial charge on any atom is 0.245 e. The minimum Gasteiger partial charge on any atom is -0.357 e. The number of hydrogen-bond donors (Lipinski definition) is 1. The van der Waals surface area contributed by atoms with E-state index >= 15 is 0 Å². The number of amides is 1. The van der Waals surface area contributed by atoms with E-state index in [1.807, 2.05) is 53.9 Å². The van der Waals surface area contributed by atoms with Gasteiger partial charge in [0, 0.05) is 31.0 Å².